The first kappa shape index (κ1) is 15.2. The second-order valence-corrected chi connectivity index (χ2v) is 5.52. The molecule has 2 amide bonds. The van der Waals surface area contributed by atoms with Crippen LogP contribution in [-0.2, 0) is 9.59 Å². The second kappa shape index (κ2) is 5.68. The molecule has 1 aliphatic heterocycles. The molecule has 0 radical (unpaired) electrons. The quantitative estimate of drug-likeness (QED) is 0.858. The van der Waals surface area contributed by atoms with Crippen LogP contribution in [-0.4, -0.2) is 30.2 Å². The molecule has 0 fully saturated rings. The number of carbonyl (C=O) groups is 3. The third kappa shape index (κ3) is 2.68. The van der Waals surface area contributed by atoms with Crippen LogP contribution in [0.25, 0.3) is 0 Å². The summed E-state index contributed by atoms with van der Waals surface area (Å²) >= 11 is 0. The van der Waals surface area contributed by atoms with E-state index in [1.165, 1.54) is 4.90 Å². The van der Waals surface area contributed by atoms with Crippen molar-refractivity contribution >= 4 is 23.3 Å². The summed E-state index contributed by atoms with van der Waals surface area (Å²) < 4.78 is 0. The van der Waals surface area contributed by atoms with Crippen LogP contribution in [0.4, 0.5) is 5.69 Å². The highest BCUT2D eigenvalue weighted by atomic mass is 16.2. The van der Waals surface area contributed by atoms with Gasteiger partial charge in [-0.2, -0.15) is 0 Å². The van der Waals surface area contributed by atoms with Crippen molar-refractivity contribution in [3.63, 3.8) is 0 Å². The molecule has 1 heterocycles. The first-order chi connectivity index (χ1) is 9.86. The van der Waals surface area contributed by atoms with Gasteiger partial charge in [0.05, 0.1) is 11.3 Å². The number of Topliss-reactive ketones (excluding diaryl/α,β-unsaturated/α-hetero) is 1. The maximum absolute atomic E-state index is 12.2. The van der Waals surface area contributed by atoms with E-state index in [0.29, 0.717) is 11.3 Å². The fourth-order valence-corrected chi connectivity index (χ4v) is 2.48. The molecule has 1 unspecified atom stereocenters. The Bertz CT molecular complexity index is 622. The molecule has 0 aromatic heterocycles. The summed E-state index contributed by atoms with van der Waals surface area (Å²) in [5, 5.41) is 2.81. The molecule has 1 atom stereocenters. The minimum atomic E-state index is -0.623. The number of anilines is 1. The standard InChI is InChI=1S/C16H20N2O3/c1-5-11(4)17-12(19)8-18-14-10(3)7-6-9(2)13(14)15(20)16(18)21/h6-7,11H,5,8H2,1-4H3,(H,17,19). The van der Waals surface area contributed by atoms with Gasteiger partial charge in [-0.15, -0.1) is 0 Å². The third-order valence-corrected chi connectivity index (χ3v) is 3.85. The highest BCUT2D eigenvalue weighted by molar-refractivity contribution is 6.53. The lowest BCUT2D eigenvalue weighted by Crippen LogP contribution is -2.43. The lowest BCUT2D eigenvalue weighted by Gasteiger charge is -2.20. The highest BCUT2D eigenvalue weighted by Gasteiger charge is 2.39. The van der Waals surface area contributed by atoms with Gasteiger partial charge in [0.1, 0.15) is 6.54 Å². The minimum absolute atomic E-state index is 0.0454. The molecule has 5 heteroatoms. The number of aryl methyl sites for hydroxylation is 2. The van der Waals surface area contributed by atoms with E-state index in [1.54, 1.807) is 6.92 Å². The summed E-state index contributed by atoms with van der Waals surface area (Å²) in [4.78, 5) is 37.6. The molecule has 1 aromatic carbocycles. The van der Waals surface area contributed by atoms with Crippen molar-refractivity contribution in [1.82, 2.24) is 5.32 Å². The van der Waals surface area contributed by atoms with Gasteiger partial charge in [-0.05, 0) is 38.3 Å². The van der Waals surface area contributed by atoms with Crippen molar-refractivity contribution in [3.8, 4) is 0 Å². The summed E-state index contributed by atoms with van der Waals surface area (Å²) in [6.45, 7) is 7.39. The number of amides is 2. The summed E-state index contributed by atoms with van der Waals surface area (Å²) in [6.07, 6.45) is 0.813. The molecule has 1 aliphatic rings. The summed E-state index contributed by atoms with van der Waals surface area (Å²) in [5.74, 6) is -1.40. The fraction of sp³-hybridized carbons (Fsp3) is 0.438. The molecule has 1 aromatic rings. The Morgan fingerprint density at radius 2 is 1.86 bits per heavy atom. The zero-order chi connectivity index (χ0) is 15.7. The molecule has 0 saturated carbocycles. The van der Waals surface area contributed by atoms with Gasteiger partial charge < -0.3 is 5.32 Å². The van der Waals surface area contributed by atoms with Crippen LogP contribution in [0, 0.1) is 13.8 Å². The average molecular weight is 288 g/mol. The highest BCUT2D eigenvalue weighted by Crippen LogP contribution is 2.34. The van der Waals surface area contributed by atoms with Crippen LogP contribution in [0.5, 0.6) is 0 Å². The van der Waals surface area contributed by atoms with Crippen LogP contribution < -0.4 is 10.2 Å². The smallest absolute Gasteiger partial charge is 0.299 e. The van der Waals surface area contributed by atoms with Crippen molar-refractivity contribution in [2.75, 3.05) is 11.4 Å². The number of nitrogens with zero attached hydrogens (tertiary/aromatic N) is 1. The number of benzene rings is 1. The number of ketones is 1. The largest absolute Gasteiger partial charge is 0.352 e. The molecule has 1 N–H and O–H groups in total. The van der Waals surface area contributed by atoms with E-state index < -0.39 is 11.7 Å². The number of nitrogens with one attached hydrogen (secondary N) is 1. The zero-order valence-electron chi connectivity index (χ0n) is 12.8. The Kier molecular flexibility index (Phi) is 4.11. The molecule has 21 heavy (non-hydrogen) atoms. The zero-order valence-corrected chi connectivity index (χ0v) is 12.8. The maximum Gasteiger partial charge on any atom is 0.299 e. The third-order valence-electron chi connectivity index (χ3n) is 3.85. The van der Waals surface area contributed by atoms with Gasteiger partial charge in [0.25, 0.3) is 11.7 Å². The predicted octanol–water partition coefficient (Wildman–Crippen LogP) is 1.75. The van der Waals surface area contributed by atoms with Crippen molar-refractivity contribution < 1.29 is 14.4 Å². The lowest BCUT2D eigenvalue weighted by molar-refractivity contribution is -0.122. The van der Waals surface area contributed by atoms with Gasteiger partial charge in [-0.25, -0.2) is 0 Å². The summed E-state index contributed by atoms with van der Waals surface area (Å²) in [7, 11) is 0. The van der Waals surface area contributed by atoms with Crippen LogP contribution in [0.15, 0.2) is 12.1 Å². The van der Waals surface area contributed by atoms with E-state index in [9.17, 15) is 14.4 Å². The molecule has 112 valence electrons. The van der Waals surface area contributed by atoms with Crippen molar-refractivity contribution in [3.05, 3.63) is 28.8 Å². The molecule has 0 bridgehead atoms. The van der Waals surface area contributed by atoms with E-state index in [4.69, 9.17) is 0 Å². The molecule has 0 spiro atoms. The van der Waals surface area contributed by atoms with Gasteiger partial charge >= 0.3 is 0 Å². The number of carbonyl (C=O) groups excluding carboxylic acids is 3. The Hall–Kier alpha value is -2.17. The first-order valence-electron chi connectivity index (χ1n) is 7.12. The van der Waals surface area contributed by atoms with Gasteiger partial charge in [0, 0.05) is 6.04 Å². The Labute approximate surface area is 124 Å². The van der Waals surface area contributed by atoms with Crippen molar-refractivity contribution in [1.29, 1.82) is 0 Å². The topological polar surface area (TPSA) is 66.5 Å². The molecular formula is C16H20N2O3. The SMILES string of the molecule is CCC(C)NC(=O)CN1C(=O)C(=O)c2c(C)ccc(C)c21. The summed E-state index contributed by atoms with van der Waals surface area (Å²) in [5.41, 5.74) is 2.59. The van der Waals surface area contributed by atoms with Gasteiger partial charge in [-0.3, -0.25) is 19.3 Å². The number of hydrogen-bond acceptors (Lipinski definition) is 3. The lowest BCUT2D eigenvalue weighted by atomic mass is 10.0. The van der Waals surface area contributed by atoms with Crippen LogP contribution in [0.1, 0.15) is 41.8 Å². The predicted molar refractivity (Wildman–Crippen MR) is 80.5 cm³/mol. The molecule has 0 aliphatic carbocycles. The maximum atomic E-state index is 12.2. The molecular weight excluding hydrogens is 268 g/mol. The van der Waals surface area contributed by atoms with Crippen molar-refractivity contribution in [2.45, 2.75) is 40.2 Å². The van der Waals surface area contributed by atoms with E-state index in [1.807, 2.05) is 32.9 Å². The fourth-order valence-electron chi connectivity index (χ4n) is 2.48. The second-order valence-electron chi connectivity index (χ2n) is 5.52. The first-order valence-corrected chi connectivity index (χ1v) is 7.12. The van der Waals surface area contributed by atoms with E-state index >= 15 is 0 Å². The van der Waals surface area contributed by atoms with Gasteiger partial charge in [0.15, 0.2) is 0 Å². The molecule has 0 saturated heterocycles. The normalized spacial score (nSPS) is 15.1. The van der Waals surface area contributed by atoms with Crippen molar-refractivity contribution in [2.24, 2.45) is 0 Å². The monoisotopic (exact) mass is 288 g/mol. The molecule has 2 rings (SSSR count). The van der Waals surface area contributed by atoms with Gasteiger partial charge in [-0.1, -0.05) is 19.1 Å². The Morgan fingerprint density at radius 3 is 2.48 bits per heavy atom. The van der Waals surface area contributed by atoms with E-state index in [0.717, 1.165) is 17.5 Å². The van der Waals surface area contributed by atoms with E-state index in [-0.39, 0.29) is 18.5 Å². The summed E-state index contributed by atoms with van der Waals surface area (Å²) in [6, 6.07) is 3.73. The number of rotatable bonds is 4. The van der Waals surface area contributed by atoms with Crippen LogP contribution in [0.3, 0.4) is 0 Å². The average Bonchev–Trinajstić information content (AvgIpc) is 2.69. The number of hydrogen-bond donors (Lipinski definition) is 1. The Morgan fingerprint density at radius 1 is 1.24 bits per heavy atom. The van der Waals surface area contributed by atoms with E-state index in [2.05, 4.69) is 5.32 Å². The van der Waals surface area contributed by atoms with Gasteiger partial charge in [0.2, 0.25) is 5.91 Å². The van der Waals surface area contributed by atoms with Crippen LogP contribution >= 0.6 is 0 Å². The Balaban J connectivity index is 2.31. The minimum Gasteiger partial charge on any atom is -0.352 e. The van der Waals surface area contributed by atoms with Crippen LogP contribution in [0.2, 0.25) is 0 Å². The molecule has 5 nitrogen and oxygen atoms in total. The number of fused-ring (bicyclic) bond motifs is 1.